The minimum atomic E-state index is 0.154. The van der Waals surface area contributed by atoms with E-state index in [9.17, 15) is 4.79 Å². The molecule has 0 aromatic carbocycles. The normalized spacial score (nSPS) is 14.9. The second kappa shape index (κ2) is 2.79. The molecule has 1 aliphatic carbocycles. The van der Waals surface area contributed by atoms with Gasteiger partial charge in [0.15, 0.2) is 5.78 Å². The summed E-state index contributed by atoms with van der Waals surface area (Å²) in [5.41, 5.74) is 1.85. The third-order valence-electron chi connectivity index (χ3n) is 1.77. The fourth-order valence-corrected chi connectivity index (χ4v) is 3.44. The summed E-state index contributed by atoms with van der Waals surface area (Å²) in [4.78, 5) is 12.3. The van der Waals surface area contributed by atoms with Crippen molar-refractivity contribution in [3.63, 3.8) is 0 Å². The van der Waals surface area contributed by atoms with Gasteiger partial charge in [0.05, 0.1) is 13.1 Å². The van der Waals surface area contributed by atoms with E-state index in [0.717, 1.165) is 24.3 Å². The van der Waals surface area contributed by atoms with Crippen LogP contribution in [0.4, 0.5) is 0 Å². The van der Waals surface area contributed by atoms with Crippen LogP contribution < -0.4 is 0 Å². The van der Waals surface area contributed by atoms with Crippen LogP contribution in [0.1, 0.15) is 22.2 Å². The maximum absolute atomic E-state index is 11.5. The first-order valence-electron chi connectivity index (χ1n) is 3.32. The van der Waals surface area contributed by atoms with Gasteiger partial charge >= 0.3 is 0 Å². The first-order valence-corrected chi connectivity index (χ1v) is 5.72. The van der Waals surface area contributed by atoms with Gasteiger partial charge < -0.3 is 0 Å². The van der Waals surface area contributed by atoms with Gasteiger partial charge in [0, 0.05) is 5.56 Å². The number of hydrogen-bond donors (Lipinski definition) is 0. The van der Waals surface area contributed by atoms with Crippen molar-refractivity contribution in [1.82, 2.24) is 0 Å². The largest absolute Gasteiger partial charge is 0.288 e. The summed E-state index contributed by atoms with van der Waals surface area (Å²) in [6, 6.07) is 0. The Balaban J connectivity index is 2.72. The molecule has 0 aliphatic heterocycles. The van der Waals surface area contributed by atoms with Gasteiger partial charge in [-0.05, 0) is 50.4 Å². The molecule has 0 radical (unpaired) electrons. The van der Waals surface area contributed by atoms with Gasteiger partial charge in [-0.1, -0.05) is 0 Å². The summed E-state index contributed by atoms with van der Waals surface area (Å²) in [6.07, 6.45) is 1.92. The molecule has 0 unspecified atom stereocenters. The molecule has 12 heavy (non-hydrogen) atoms. The number of carbonyl (C=O) groups excluding carboxylic acids is 1. The topological polar surface area (TPSA) is 17.1 Å². The number of ketones is 1. The van der Waals surface area contributed by atoms with Gasteiger partial charge in [-0.2, -0.15) is 0 Å². The molecule has 0 amide bonds. The highest BCUT2D eigenvalue weighted by Gasteiger charge is 2.25. The third kappa shape index (κ3) is 1.05. The molecule has 1 heterocycles. The number of rotatable bonds is 0. The van der Waals surface area contributed by atoms with Gasteiger partial charge in [0.25, 0.3) is 0 Å². The van der Waals surface area contributed by atoms with Gasteiger partial charge in [0.2, 0.25) is 0 Å². The number of halogens is 2. The van der Waals surface area contributed by atoms with Crippen LogP contribution in [0.2, 0.25) is 0 Å². The van der Waals surface area contributed by atoms with Crippen LogP contribution in [0.5, 0.6) is 0 Å². The third-order valence-corrected chi connectivity index (χ3v) is 5.26. The average molecular weight is 308 g/mol. The molecule has 0 spiro atoms. The first-order chi connectivity index (χ1) is 5.61. The van der Waals surface area contributed by atoms with E-state index in [4.69, 9.17) is 0 Å². The lowest BCUT2D eigenvalue weighted by molar-refractivity contribution is 0.104. The highest BCUT2D eigenvalue weighted by Crippen LogP contribution is 2.42. The Labute approximate surface area is 90.7 Å². The lowest BCUT2D eigenvalue weighted by Crippen LogP contribution is -1.90. The van der Waals surface area contributed by atoms with E-state index in [2.05, 4.69) is 31.9 Å². The van der Waals surface area contributed by atoms with E-state index in [1.54, 1.807) is 0 Å². The first kappa shape index (κ1) is 8.66. The zero-order valence-corrected chi connectivity index (χ0v) is 10.1. The number of thiophene rings is 1. The quantitative estimate of drug-likeness (QED) is 0.711. The van der Waals surface area contributed by atoms with Crippen molar-refractivity contribution in [2.75, 3.05) is 0 Å². The fraction of sp³-hybridized carbons (Fsp3) is 0.125. The van der Waals surface area contributed by atoms with E-state index in [1.165, 1.54) is 11.3 Å². The predicted octanol–water partition coefficient (Wildman–Crippen LogP) is 3.87. The Morgan fingerprint density at radius 2 is 2.08 bits per heavy atom. The van der Waals surface area contributed by atoms with Gasteiger partial charge in [-0.25, -0.2) is 0 Å². The Bertz CT molecular complexity index is 403. The molecule has 1 aliphatic rings. The van der Waals surface area contributed by atoms with Crippen LogP contribution in [-0.2, 0) is 0 Å². The van der Waals surface area contributed by atoms with Crippen LogP contribution in [0.25, 0.3) is 6.08 Å². The summed E-state index contributed by atoms with van der Waals surface area (Å²) in [5.74, 6) is 0.154. The van der Waals surface area contributed by atoms with Gasteiger partial charge in [-0.3, -0.25) is 4.79 Å². The monoisotopic (exact) mass is 306 g/mol. The number of fused-ring (bicyclic) bond motifs is 1. The molecular formula is C8H4Br2OS. The van der Waals surface area contributed by atoms with Crippen molar-refractivity contribution in [1.29, 1.82) is 0 Å². The average Bonchev–Trinajstić information content (AvgIpc) is 2.43. The Morgan fingerprint density at radius 3 is 2.67 bits per heavy atom. The molecule has 2 rings (SSSR count). The number of carbonyl (C=O) groups is 1. The molecule has 1 nitrogen and oxygen atoms in total. The van der Waals surface area contributed by atoms with Crippen molar-refractivity contribution in [2.45, 2.75) is 6.92 Å². The van der Waals surface area contributed by atoms with Gasteiger partial charge in [0.1, 0.15) is 0 Å². The van der Waals surface area contributed by atoms with E-state index in [0.29, 0.717) is 0 Å². The van der Waals surface area contributed by atoms with Crippen LogP contribution in [0.15, 0.2) is 13.8 Å². The lowest BCUT2D eigenvalue weighted by atomic mass is 10.2. The van der Waals surface area contributed by atoms with E-state index < -0.39 is 0 Å². The summed E-state index contributed by atoms with van der Waals surface area (Å²) in [6.45, 7) is 1.84. The lowest BCUT2D eigenvalue weighted by Gasteiger charge is -1.86. The number of hydrogen-bond acceptors (Lipinski definition) is 2. The van der Waals surface area contributed by atoms with Crippen LogP contribution in [0, 0.1) is 0 Å². The van der Waals surface area contributed by atoms with Crippen molar-refractivity contribution >= 4 is 55.1 Å². The van der Waals surface area contributed by atoms with Crippen molar-refractivity contribution in [3.8, 4) is 0 Å². The molecule has 1 aromatic rings. The maximum Gasteiger partial charge on any atom is 0.199 e. The Hall–Kier alpha value is 0.0700. The standard InChI is InChI=1S/C8H4Br2OS/c1-3-2-4-5(9)8(10)12-7(4)6(3)11/h2H,1H3. The molecule has 0 bridgehead atoms. The zero-order chi connectivity index (χ0) is 8.88. The van der Waals surface area contributed by atoms with Crippen LogP contribution in [0.3, 0.4) is 0 Å². The minimum absolute atomic E-state index is 0.154. The highest BCUT2D eigenvalue weighted by atomic mass is 79.9. The predicted molar refractivity (Wildman–Crippen MR) is 57.7 cm³/mol. The van der Waals surface area contributed by atoms with Crippen molar-refractivity contribution in [3.05, 3.63) is 24.3 Å². The van der Waals surface area contributed by atoms with Gasteiger partial charge in [-0.15, -0.1) is 11.3 Å². The molecule has 62 valence electrons. The SMILES string of the molecule is CC1=Cc2c(sc(Br)c2Br)C1=O. The van der Waals surface area contributed by atoms with E-state index in [-0.39, 0.29) is 5.78 Å². The van der Waals surface area contributed by atoms with E-state index in [1.807, 2.05) is 13.0 Å². The molecule has 4 heteroatoms. The summed E-state index contributed by atoms with van der Waals surface area (Å²) < 4.78 is 1.98. The number of Topliss-reactive ketones (excluding diaryl/α,β-unsaturated/α-hetero) is 1. The van der Waals surface area contributed by atoms with Crippen molar-refractivity contribution < 1.29 is 4.79 Å². The molecule has 0 saturated carbocycles. The fourth-order valence-electron chi connectivity index (χ4n) is 1.15. The van der Waals surface area contributed by atoms with Crippen LogP contribution >= 0.6 is 43.2 Å². The van der Waals surface area contributed by atoms with E-state index >= 15 is 0 Å². The van der Waals surface area contributed by atoms with Crippen molar-refractivity contribution in [2.24, 2.45) is 0 Å². The molecule has 0 fully saturated rings. The molecule has 0 atom stereocenters. The molecule has 1 aromatic heterocycles. The summed E-state index contributed by atoms with van der Waals surface area (Å²) >= 11 is 8.29. The Morgan fingerprint density at radius 1 is 1.42 bits per heavy atom. The summed E-state index contributed by atoms with van der Waals surface area (Å²) in [7, 11) is 0. The number of allylic oxidation sites excluding steroid dienone is 1. The molecule has 0 N–H and O–H groups in total. The summed E-state index contributed by atoms with van der Waals surface area (Å²) in [5, 5.41) is 0. The minimum Gasteiger partial charge on any atom is -0.288 e. The molecule has 0 saturated heterocycles. The zero-order valence-electron chi connectivity index (χ0n) is 6.15. The Kier molecular flexibility index (Phi) is 2.01. The highest BCUT2D eigenvalue weighted by molar-refractivity contribution is 9.13. The maximum atomic E-state index is 11.5. The molecular weight excluding hydrogens is 304 g/mol. The second-order valence-electron chi connectivity index (χ2n) is 2.59. The van der Waals surface area contributed by atoms with Crippen LogP contribution in [-0.4, -0.2) is 5.78 Å². The second-order valence-corrected chi connectivity index (χ2v) is 5.72. The smallest absolute Gasteiger partial charge is 0.199 e.